The number of hydrogen-bond donors (Lipinski definition) is 1. The van der Waals surface area contributed by atoms with E-state index in [1.807, 2.05) is 0 Å². The Labute approximate surface area is 122 Å². The molecule has 0 aromatic heterocycles. The van der Waals surface area contributed by atoms with Crippen LogP contribution in [0.4, 0.5) is 13.2 Å². The molecule has 2 aliphatic heterocycles. The van der Waals surface area contributed by atoms with E-state index in [2.05, 4.69) is 5.32 Å². The Morgan fingerprint density at radius 2 is 1.76 bits per heavy atom. The van der Waals surface area contributed by atoms with Crippen molar-refractivity contribution in [3.05, 3.63) is 29.3 Å². The minimum absolute atomic E-state index is 0.0180. The third kappa shape index (κ3) is 3.51. The summed E-state index contributed by atoms with van der Waals surface area (Å²) in [5.41, 5.74) is -0.0550. The summed E-state index contributed by atoms with van der Waals surface area (Å²) >= 11 is 0. The fraction of sp³-hybridized carbons (Fsp3) is 0.625. The van der Waals surface area contributed by atoms with Crippen molar-refractivity contribution in [3.8, 4) is 5.75 Å². The lowest BCUT2D eigenvalue weighted by Gasteiger charge is -2.40. The monoisotopic (exact) mass is 299 g/mol. The molecule has 1 aromatic rings. The Morgan fingerprint density at radius 3 is 2.38 bits per heavy atom. The Balaban J connectivity index is 1.74. The summed E-state index contributed by atoms with van der Waals surface area (Å²) in [4.78, 5) is 0. The second-order valence-electron chi connectivity index (χ2n) is 6.24. The molecule has 2 heterocycles. The number of benzene rings is 1. The number of nitrogens with one attached hydrogen (secondary N) is 1. The molecule has 2 bridgehead atoms. The molecule has 0 spiro atoms. The molecule has 2 saturated heterocycles. The summed E-state index contributed by atoms with van der Waals surface area (Å²) in [6.45, 7) is 1.67. The van der Waals surface area contributed by atoms with E-state index in [0.29, 0.717) is 23.4 Å². The van der Waals surface area contributed by atoms with Crippen molar-refractivity contribution in [1.82, 2.24) is 5.32 Å². The van der Waals surface area contributed by atoms with Crippen LogP contribution >= 0.6 is 0 Å². The summed E-state index contributed by atoms with van der Waals surface area (Å²) in [5.74, 6) is 0.340. The zero-order valence-electron chi connectivity index (χ0n) is 12.0. The Bertz CT molecular complexity index is 503. The normalized spacial score (nSPS) is 29.2. The highest BCUT2D eigenvalue weighted by Gasteiger charge is 2.34. The van der Waals surface area contributed by atoms with Crippen molar-refractivity contribution in [2.75, 3.05) is 0 Å². The van der Waals surface area contributed by atoms with Gasteiger partial charge in [0.25, 0.3) is 0 Å². The Kier molecular flexibility index (Phi) is 3.86. The van der Waals surface area contributed by atoms with Crippen LogP contribution in [0, 0.1) is 6.92 Å². The summed E-state index contributed by atoms with van der Waals surface area (Å²) < 4.78 is 44.4. The third-order valence-corrected chi connectivity index (χ3v) is 4.35. The van der Waals surface area contributed by atoms with E-state index < -0.39 is 11.7 Å². The smallest absolute Gasteiger partial charge is 0.416 e. The predicted octanol–water partition coefficient (Wildman–Crippen LogP) is 4.07. The molecule has 2 nitrogen and oxygen atoms in total. The van der Waals surface area contributed by atoms with Gasteiger partial charge in [0.2, 0.25) is 0 Å². The maximum Gasteiger partial charge on any atom is 0.416 e. The molecule has 1 aromatic carbocycles. The van der Waals surface area contributed by atoms with Gasteiger partial charge in [-0.2, -0.15) is 13.2 Å². The molecule has 0 amide bonds. The molecule has 3 atom stereocenters. The first kappa shape index (κ1) is 14.7. The van der Waals surface area contributed by atoms with E-state index in [4.69, 9.17) is 4.74 Å². The van der Waals surface area contributed by atoms with Crippen molar-refractivity contribution in [3.63, 3.8) is 0 Å². The van der Waals surface area contributed by atoms with Gasteiger partial charge in [-0.1, -0.05) is 6.42 Å². The number of alkyl halides is 3. The largest absolute Gasteiger partial charge is 0.490 e. The molecule has 1 N–H and O–H groups in total. The molecule has 116 valence electrons. The topological polar surface area (TPSA) is 21.3 Å². The van der Waals surface area contributed by atoms with Crippen LogP contribution in [0.1, 0.15) is 43.2 Å². The van der Waals surface area contributed by atoms with Crippen molar-refractivity contribution in [2.24, 2.45) is 0 Å². The molecule has 0 aliphatic carbocycles. The molecule has 21 heavy (non-hydrogen) atoms. The quantitative estimate of drug-likeness (QED) is 0.889. The summed E-state index contributed by atoms with van der Waals surface area (Å²) in [7, 11) is 0. The van der Waals surface area contributed by atoms with Crippen LogP contribution in [0.5, 0.6) is 5.75 Å². The third-order valence-electron chi connectivity index (χ3n) is 4.35. The van der Waals surface area contributed by atoms with E-state index in [9.17, 15) is 13.2 Å². The zero-order chi connectivity index (χ0) is 15.0. The van der Waals surface area contributed by atoms with Gasteiger partial charge in [-0.3, -0.25) is 0 Å². The maximum atomic E-state index is 12.8. The van der Waals surface area contributed by atoms with E-state index in [1.165, 1.54) is 6.42 Å². The van der Waals surface area contributed by atoms with Crippen molar-refractivity contribution >= 4 is 0 Å². The minimum atomic E-state index is -4.32. The first-order valence-electron chi connectivity index (χ1n) is 7.52. The molecule has 5 heteroatoms. The summed E-state index contributed by atoms with van der Waals surface area (Å²) in [5, 5.41) is 3.56. The van der Waals surface area contributed by atoms with Gasteiger partial charge in [-0.15, -0.1) is 0 Å². The summed E-state index contributed by atoms with van der Waals surface area (Å²) in [6.07, 6.45) is 0.962. The minimum Gasteiger partial charge on any atom is -0.490 e. The number of rotatable bonds is 2. The first-order valence-corrected chi connectivity index (χ1v) is 7.52. The van der Waals surface area contributed by atoms with Crippen LogP contribution in [0.25, 0.3) is 0 Å². The molecule has 0 saturated carbocycles. The van der Waals surface area contributed by atoms with Crippen LogP contribution in [0.2, 0.25) is 0 Å². The van der Waals surface area contributed by atoms with Gasteiger partial charge < -0.3 is 10.1 Å². The zero-order valence-corrected chi connectivity index (χ0v) is 12.0. The average molecular weight is 299 g/mol. The van der Waals surface area contributed by atoms with Gasteiger partial charge in [0, 0.05) is 12.1 Å². The number of hydrogen-bond acceptors (Lipinski definition) is 2. The second-order valence-corrected chi connectivity index (χ2v) is 6.24. The summed E-state index contributed by atoms with van der Waals surface area (Å²) in [6, 6.07) is 4.87. The van der Waals surface area contributed by atoms with Gasteiger partial charge >= 0.3 is 6.18 Å². The number of aryl methyl sites for hydroxylation is 1. The lowest BCUT2D eigenvalue weighted by molar-refractivity contribution is -0.137. The van der Waals surface area contributed by atoms with E-state index in [0.717, 1.165) is 37.8 Å². The average Bonchev–Trinajstić information content (AvgIpc) is 2.36. The second kappa shape index (κ2) is 5.52. The highest BCUT2D eigenvalue weighted by molar-refractivity contribution is 5.35. The lowest BCUT2D eigenvalue weighted by Crippen LogP contribution is -2.51. The molecule has 2 fully saturated rings. The van der Waals surface area contributed by atoms with Gasteiger partial charge in [0.15, 0.2) is 0 Å². The van der Waals surface area contributed by atoms with Crippen LogP contribution < -0.4 is 10.1 Å². The number of fused-ring (bicyclic) bond motifs is 2. The molecule has 3 rings (SSSR count). The fourth-order valence-corrected chi connectivity index (χ4v) is 3.48. The van der Waals surface area contributed by atoms with Crippen LogP contribution in [-0.2, 0) is 6.18 Å². The first-order chi connectivity index (χ1) is 9.90. The molecule has 0 radical (unpaired) electrons. The van der Waals surface area contributed by atoms with Crippen LogP contribution in [0.15, 0.2) is 18.2 Å². The van der Waals surface area contributed by atoms with Gasteiger partial charge in [0.1, 0.15) is 11.9 Å². The lowest BCUT2D eigenvalue weighted by atomic mass is 9.85. The highest BCUT2D eigenvalue weighted by Crippen LogP contribution is 2.34. The SMILES string of the molecule is Cc1cc(O[C@@H]2C[C@H]3CCC[C@@H](C2)N3)cc(C(F)(F)F)c1. The van der Waals surface area contributed by atoms with E-state index >= 15 is 0 Å². The Hall–Kier alpha value is -1.23. The molecule has 2 aliphatic rings. The number of ether oxygens (including phenoxy) is 1. The molecule has 0 unspecified atom stereocenters. The fourth-order valence-electron chi connectivity index (χ4n) is 3.48. The van der Waals surface area contributed by atoms with Gasteiger partial charge in [-0.05, 0) is 56.4 Å². The van der Waals surface area contributed by atoms with E-state index in [-0.39, 0.29) is 6.10 Å². The number of halogens is 3. The van der Waals surface area contributed by atoms with Crippen molar-refractivity contribution < 1.29 is 17.9 Å². The highest BCUT2D eigenvalue weighted by atomic mass is 19.4. The predicted molar refractivity (Wildman–Crippen MR) is 74.4 cm³/mol. The van der Waals surface area contributed by atoms with Gasteiger partial charge in [0.05, 0.1) is 5.56 Å². The molecular weight excluding hydrogens is 279 g/mol. The maximum absolute atomic E-state index is 12.8. The molecular formula is C16H20F3NO. The van der Waals surface area contributed by atoms with Crippen LogP contribution in [0.3, 0.4) is 0 Å². The van der Waals surface area contributed by atoms with E-state index in [1.54, 1.807) is 13.0 Å². The van der Waals surface area contributed by atoms with Crippen LogP contribution in [-0.4, -0.2) is 18.2 Å². The standard InChI is InChI=1S/C16H20F3NO/c1-10-5-11(16(17,18)19)7-14(6-10)21-15-8-12-3-2-4-13(9-15)20-12/h5-7,12-13,15,20H,2-4,8-9H2,1H3/t12-,13+,15-. The number of piperidine rings is 2. The van der Waals surface area contributed by atoms with Gasteiger partial charge in [-0.25, -0.2) is 0 Å². The van der Waals surface area contributed by atoms with Crippen molar-refractivity contribution in [2.45, 2.75) is 63.4 Å². The van der Waals surface area contributed by atoms with Crippen molar-refractivity contribution in [1.29, 1.82) is 0 Å². The Morgan fingerprint density at radius 1 is 1.10 bits per heavy atom.